The van der Waals surface area contributed by atoms with Crippen LogP contribution in [0.5, 0.6) is 0 Å². The molecule has 0 aliphatic heterocycles. The van der Waals surface area contributed by atoms with E-state index in [1.165, 1.54) is 31.4 Å². The highest BCUT2D eigenvalue weighted by molar-refractivity contribution is 5.46. The molecule has 0 saturated heterocycles. The van der Waals surface area contributed by atoms with Crippen molar-refractivity contribution in [2.75, 3.05) is 5.32 Å². The van der Waals surface area contributed by atoms with Crippen LogP contribution in [0.2, 0.25) is 0 Å². The topological polar surface area (TPSA) is 12.0 Å². The van der Waals surface area contributed by atoms with Crippen LogP contribution in [0.15, 0.2) is 24.3 Å². The number of alkyl halides is 3. The molecule has 0 spiro atoms. The van der Waals surface area contributed by atoms with E-state index in [9.17, 15) is 13.2 Å². The van der Waals surface area contributed by atoms with E-state index in [0.29, 0.717) is 6.04 Å². The fourth-order valence-electron chi connectivity index (χ4n) is 2.71. The van der Waals surface area contributed by atoms with Gasteiger partial charge in [0.1, 0.15) is 0 Å². The Hall–Kier alpha value is -1.19. The number of hydrogen-bond acceptors (Lipinski definition) is 1. The van der Waals surface area contributed by atoms with Gasteiger partial charge in [0.15, 0.2) is 0 Å². The van der Waals surface area contributed by atoms with E-state index in [2.05, 4.69) is 12.2 Å². The first kappa shape index (κ1) is 14.2. The lowest BCUT2D eigenvalue weighted by Crippen LogP contribution is -2.25. The van der Waals surface area contributed by atoms with E-state index in [1.807, 2.05) is 0 Å². The number of hydrogen-bond donors (Lipinski definition) is 1. The second-order valence-electron chi connectivity index (χ2n) is 5.35. The predicted molar refractivity (Wildman–Crippen MR) is 71.1 cm³/mol. The molecule has 0 bridgehead atoms. The summed E-state index contributed by atoms with van der Waals surface area (Å²) in [6.07, 6.45) is 1.63. The standard InChI is InChI=1S/C15H20F3N/c1-2-11-3-7-13(8-4-11)19-14-9-5-12(6-10-14)15(16,17)18/h5-6,9-11,13,19H,2-4,7-8H2,1H3. The van der Waals surface area contributed by atoms with Crippen molar-refractivity contribution in [1.82, 2.24) is 0 Å². The molecule has 1 fully saturated rings. The van der Waals surface area contributed by atoms with Gasteiger partial charge >= 0.3 is 6.18 Å². The highest BCUT2D eigenvalue weighted by Gasteiger charge is 2.30. The second kappa shape index (κ2) is 5.85. The average molecular weight is 271 g/mol. The van der Waals surface area contributed by atoms with Crippen molar-refractivity contribution in [2.24, 2.45) is 5.92 Å². The fraction of sp³-hybridized carbons (Fsp3) is 0.600. The molecule has 0 heterocycles. The van der Waals surface area contributed by atoms with Crippen LogP contribution in [0.4, 0.5) is 18.9 Å². The lowest BCUT2D eigenvalue weighted by atomic mass is 9.84. The quantitative estimate of drug-likeness (QED) is 0.807. The van der Waals surface area contributed by atoms with E-state index in [-0.39, 0.29) is 0 Å². The van der Waals surface area contributed by atoms with E-state index in [4.69, 9.17) is 0 Å². The van der Waals surface area contributed by atoms with Gasteiger partial charge in [-0.2, -0.15) is 13.2 Å². The molecule has 0 radical (unpaired) electrons. The molecule has 0 aromatic heterocycles. The summed E-state index contributed by atoms with van der Waals surface area (Å²) in [5.74, 6) is 0.825. The van der Waals surface area contributed by atoms with Crippen LogP contribution in [-0.4, -0.2) is 6.04 Å². The number of rotatable bonds is 3. The zero-order valence-corrected chi connectivity index (χ0v) is 11.1. The minimum atomic E-state index is -4.25. The molecular formula is C15H20F3N. The number of benzene rings is 1. The first-order valence-electron chi connectivity index (χ1n) is 6.93. The van der Waals surface area contributed by atoms with Gasteiger partial charge in [0.2, 0.25) is 0 Å². The van der Waals surface area contributed by atoms with Gasteiger partial charge in [-0.3, -0.25) is 0 Å². The third kappa shape index (κ3) is 3.88. The van der Waals surface area contributed by atoms with Gasteiger partial charge in [-0.15, -0.1) is 0 Å². The fourth-order valence-corrected chi connectivity index (χ4v) is 2.71. The maximum Gasteiger partial charge on any atom is 0.416 e. The lowest BCUT2D eigenvalue weighted by Gasteiger charge is -2.29. The molecular weight excluding hydrogens is 251 g/mol. The monoisotopic (exact) mass is 271 g/mol. The molecule has 1 saturated carbocycles. The molecule has 1 aromatic rings. The largest absolute Gasteiger partial charge is 0.416 e. The van der Waals surface area contributed by atoms with Crippen molar-refractivity contribution in [1.29, 1.82) is 0 Å². The molecule has 2 rings (SSSR count). The van der Waals surface area contributed by atoms with Crippen LogP contribution in [-0.2, 0) is 6.18 Å². The van der Waals surface area contributed by atoms with Crippen LogP contribution in [0.3, 0.4) is 0 Å². The summed E-state index contributed by atoms with van der Waals surface area (Å²) in [7, 11) is 0. The van der Waals surface area contributed by atoms with Crippen molar-refractivity contribution >= 4 is 5.69 Å². The Labute approximate surface area is 112 Å². The van der Waals surface area contributed by atoms with E-state index < -0.39 is 11.7 Å². The molecule has 0 amide bonds. The van der Waals surface area contributed by atoms with Gasteiger partial charge in [-0.05, 0) is 55.9 Å². The summed E-state index contributed by atoms with van der Waals surface area (Å²) in [5, 5.41) is 3.34. The Morgan fingerprint density at radius 3 is 2.11 bits per heavy atom. The maximum absolute atomic E-state index is 12.4. The van der Waals surface area contributed by atoms with Crippen molar-refractivity contribution in [3.8, 4) is 0 Å². The molecule has 0 unspecified atom stereocenters. The van der Waals surface area contributed by atoms with Gasteiger partial charge in [0.25, 0.3) is 0 Å². The van der Waals surface area contributed by atoms with Crippen LogP contribution < -0.4 is 5.32 Å². The first-order chi connectivity index (χ1) is 8.99. The summed E-state index contributed by atoms with van der Waals surface area (Å²) in [4.78, 5) is 0. The average Bonchev–Trinajstić information content (AvgIpc) is 2.39. The molecule has 106 valence electrons. The third-order valence-electron chi connectivity index (χ3n) is 4.01. The van der Waals surface area contributed by atoms with E-state index in [0.717, 1.165) is 36.6 Å². The summed E-state index contributed by atoms with van der Waals surface area (Å²) >= 11 is 0. The molecule has 19 heavy (non-hydrogen) atoms. The van der Waals surface area contributed by atoms with Crippen molar-refractivity contribution in [3.05, 3.63) is 29.8 Å². The Kier molecular flexibility index (Phi) is 4.38. The summed E-state index contributed by atoms with van der Waals surface area (Å²) < 4.78 is 37.3. The minimum Gasteiger partial charge on any atom is -0.382 e. The predicted octanol–water partition coefficient (Wildman–Crippen LogP) is 5.09. The zero-order valence-electron chi connectivity index (χ0n) is 11.1. The van der Waals surface area contributed by atoms with Gasteiger partial charge in [0, 0.05) is 11.7 Å². The van der Waals surface area contributed by atoms with Crippen LogP contribution >= 0.6 is 0 Å². The van der Waals surface area contributed by atoms with Crippen LogP contribution in [0.1, 0.15) is 44.6 Å². The molecule has 1 aliphatic rings. The van der Waals surface area contributed by atoms with E-state index >= 15 is 0 Å². The second-order valence-corrected chi connectivity index (χ2v) is 5.35. The van der Waals surface area contributed by atoms with Gasteiger partial charge in [0.05, 0.1) is 5.56 Å². The number of halogens is 3. The van der Waals surface area contributed by atoms with E-state index in [1.54, 1.807) is 0 Å². The molecule has 1 nitrogen and oxygen atoms in total. The Morgan fingerprint density at radius 2 is 1.63 bits per heavy atom. The highest BCUT2D eigenvalue weighted by Crippen LogP contribution is 2.31. The molecule has 1 aliphatic carbocycles. The molecule has 1 N–H and O–H groups in total. The highest BCUT2D eigenvalue weighted by atomic mass is 19.4. The molecule has 1 aromatic carbocycles. The number of anilines is 1. The van der Waals surface area contributed by atoms with Gasteiger partial charge in [-0.1, -0.05) is 13.3 Å². The SMILES string of the molecule is CCC1CCC(Nc2ccc(C(F)(F)F)cc2)CC1. The zero-order chi connectivity index (χ0) is 13.9. The summed E-state index contributed by atoms with van der Waals surface area (Å²) in [6.45, 7) is 2.22. The molecule has 4 heteroatoms. The van der Waals surface area contributed by atoms with Crippen LogP contribution in [0.25, 0.3) is 0 Å². The molecule has 0 atom stereocenters. The number of nitrogens with one attached hydrogen (secondary N) is 1. The van der Waals surface area contributed by atoms with Crippen molar-refractivity contribution in [2.45, 2.75) is 51.2 Å². The summed E-state index contributed by atoms with van der Waals surface area (Å²) in [6, 6.07) is 5.73. The Bertz CT molecular complexity index is 389. The third-order valence-corrected chi connectivity index (χ3v) is 4.01. The smallest absolute Gasteiger partial charge is 0.382 e. The maximum atomic E-state index is 12.4. The van der Waals surface area contributed by atoms with Gasteiger partial charge < -0.3 is 5.32 Å². The van der Waals surface area contributed by atoms with Crippen LogP contribution in [0, 0.1) is 5.92 Å². The Balaban J connectivity index is 1.90. The lowest BCUT2D eigenvalue weighted by molar-refractivity contribution is -0.137. The van der Waals surface area contributed by atoms with Crippen molar-refractivity contribution in [3.63, 3.8) is 0 Å². The summed E-state index contributed by atoms with van der Waals surface area (Å²) in [5.41, 5.74) is 0.195. The first-order valence-corrected chi connectivity index (χ1v) is 6.93. The Morgan fingerprint density at radius 1 is 1.05 bits per heavy atom. The normalized spacial score (nSPS) is 24.2. The minimum absolute atomic E-state index is 0.402. The van der Waals surface area contributed by atoms with Crippen molar-refractivity contribution < 1.29 is 13.2 Å². The van der Waals surface area contributed by atoms with Gasteiger partial charge in [-0.25, -0.2) is 0 Å².